The van der Waals surface area contributed by atoms with E-state index in [9.17, 15) is 22.8 Å². The molecule has 2 aliphatic rings. The van der Waals surface area contributed by atoms with Crippen LogP contribution >= 0.6 is 0 Å². The Bertz CT molecular complexity index is 2430. The lowest BCUT2D eigenvalue weighted by atomic mass is 10.00. The molecular weight excluding hydrogens is 745 g/mol. The topological polar surface area (TPSA) is 153 Å². The highest BCUT2D eigenvalue weighted by atomic mass is 32.2. The van der Waals surface area contributed by atoms with Gasteiger partial charge in [0.1, 0.15) is 35.5 Å². The maximum Gasteiger partial charge on any atom is 0.264 e. The van der Waals surface area contributed by atoms with Gasteiger partial charge in [0.25, 0.3) is 15.9 Å². The third-order valence-electron chi connectivity index (χ3n) is 10.8. The van der Waals surface area contributed by atoms with Gasteiger partial charge in [-0.1, -0.05) is 72.8 Å². The number of benzene rings is 4. The lowest BCUT2D eigenvalue weighted by Gasteiger charge is -2.29. The second-order valence-corrected chi connectivity index (χ2v) is 16.1. The first-order valence-corrected chi connectivity index (χ1v) is 20.1. The molecule has 1 heterocycles. The van der Waals surface area contributed by atoms with E-state index in [4.69, 9.17) is 19.2 Å². The highest BCUT2D eigenvalue weighted by Gasteiger charge is 2.61. The molecule has 3 amide bonds. The summed E-state index contributed by atoms with van der Waals surface area (Å²) < 4.78 is 47.3. The van der Waals surface area contributed by atoms with E-state index in [2.05, 4.69) is 16.6 Å². The largest absolute Gasteiger partial charge is 0.497 e. The second-order valence-electron chi connectivity index (χ2n) is 14.5. The van der Waals surface area contributed by atoms with Crippen molar-refractivity contribution in [3.8, 4) is 28.5 Å². The van der Waals surface area contributed by atoms with Gasteiger partial charge in [-0.3, -0.25) is 14.4 Å². The predicted octanol–water partition coefficient (Wildman–Crippen LogP) is 6.06. The number of hydrogen-bond donors (Lipinski definition) is 2. The maximum atomic E-state index is 14.3. The number of sulfonamides is 1. The monoisotopic (exact) mass is 788 g/mol. The van der Waals surface area contributed by atoms with Crippen LogP contribution in [0.15, 0.2) is 127 Å². The summed E-state index contributed by atoms with van der Waals surface area (Å²) in [5.74, 6) is -1.43. The van der Waals surface area contributed by atoms with Crippen molar-refractivity contribution in [2.24, 2.45) is 11.8 Å². The number of methoxy groups -OCH3 is 1. The van der Waals surface area contributed by atoms with E-state index in [-0.39, 0.29) is 30.3 Å². The number of hydrogen-bond acceptors (Lipinski definition) is 9. The van der Waals surface area contributed by atoms with Crippen LogP contribution in [0, 0.1) is 11.8 Å². The molecule has 0 saturated heterocycles. The van der Waals surface area contributed by atoms with Gasteiger partial charge >= 0.3 is 0 Å². The average Bonchev–Trinajstić information content (AvgIpc) is 3.79. The van der Waals surface area contributed by atoms with E-state index < -0.39 is 51.4 Å². The fourth-order valence-corrected chi connectivity index (χ4v) is 8.51. The number of fused-ring (bicyclic) bond motifs is 1. The number of amides is 3. The third kappa shape index (κ3) is 8.34. The minimum absolute atomic E-state index is 0.151. The molecule has 7 rings (SSSR count). The van der Waals surface area contributed by atoms with Crippen molar-refractivity contribution in [1.82, 2.24) is 19.9 Å². The SMILES string of the molecule is C=C[C@@H]1C[C@]1(NC(=O)[C@@H]1C[C@@H](Oc2cc(-c3ccccc3)nc3cc(OC)ccc23)C[C@@H]1N(C)C(C)=O)C(=O)NS(=O)(=O)c1cccc(OCc2ccccc2)c1. The van der Waals surface area contributed by atoms with Crippen LogP contribution < -0.4 is 24.2 Å². The molecule has 0 radical (unpaired) electrons. The number of ether oxygens (including phenoxy) is 3. The number of rotatable bonds is 14. The summed E-state index contributed by atoms with van der Waals surface area (Å²) in [4.78, 5) is 47.1. The number of carbonyl (C=O) groups excluding carboxylic acids is 3. The quantitative estimate of drug-likeness (QED) is 0.128. The lowest BCUT2D eigenvalue weighted by Crippen LogP contribution is -2.55. The fourth-order valence-electron chi connectivity index (χ4n) is 7.44. The van der Waals surface area contributed by atoms with E-state index >= 15 is 0 Å². The van der Waals surface area contributed by atoms with Gasteiger partial charge in [0.2, 0.25) is 11.8 Å². The molecule has 4 aromatic carbocycles. The van der Waals surface area contributed by atoms with Crippen LogP contribution in [0.5, 0.6) is 17.2 Å². The van der Waals surface area contributed by atoms with Gasteiger partial charge in [0.15, 0.2) is 0 Å². The van der Waals surface area contributed by atoms with Crippen LogP contribution in [0.3, 0.4) is 0 Å². The average molecular weight is 789 g/mol. The number of nitrogens with zero attached hydrogens (tertiary/aromatic N) is 2. The van der Waals surface area contributed by atoms with E-state index in [0.717, 1.165) is 16.5 Å². The number of nitrogens with one attached hydrogen (secondary N) is 2. The maximum absolute atomic E-state index is 14.3. The van der Waals surface area contributed by atoms with Crippen LogP contribution in [0.1, 0.15) is 31.7 Å². The molecule has 57 heavy (non-hydrogen) atoms. The first kappa shape index (κ1) is 39.0. The molecule has 12 nitrogen and oxygen atoms in total. The number of pyridine rings is 1. The van der Waals surface area contributed by atoms with E-state index in [0.29, 0.717) is 34.9 Å². The van der Waals surface area contributed by atoms with Gasteiger partial charge in [0.05, 0.1) is 29.1 Å². The Morgan fingerprint density at radius 2 is 1.67 bits per heavy atom. The van der Waals surface area contributed by atoms with Gasteiger partial charge in [-0.25, -0.2) is 18.1 Å². The van der Waals surface area contributed by atoms with Gasteiger partial charge in [-0.2, -0.15) is 0 Å². The molecular formula is C44H44N4O8S. The fraction of sp³-hybridized carbons (Fsp3) is 0.273. The zero-order chi connectivity index (χ0) is 40.3. The molecule has 5 aromatic rings. The molecule has 1 aromatic heterocycles. The van der Waals surface area contributed by atoms with Gasteiger partial charge in [-0.05, 0) is 42.7 Å². The molecule has 5 atom stereocenters. The first-order valence-electron chi connectivity index (χ1n) is 18.6. The summed E-state index contributed by atoms with van der Waals surface area (Å²) in [7, 11) is -1.15. The van der Waals surface area contributed by atoms with Gasteiger partial charge < -0.3 is 24.4 Å². The van der Waals surface area contributed by atoms with Crippen LogP contribution in [-0.2, 0) is 31.0 Å². The minimum atomic E-state index is -4.37. The smallest absolute Gasteiger partial charge is 0.264 e. The molecule has 2 fully saturated rings. The highest BCUT2D eigenvalue weighted by Crippen LogP contribution is 2.46. The molecule has 0 bridgehead atoms. The number of aromatic nitrogens is 1. The molecule has 13 heteroatoms. The van der Waals surface area contributed by atoms with E-state index in [1.807, 2.05) is 84.9 Å². The molecule has 2 N–H and O–H groups in total. The first-order chi connectivity index (χ1) is 27.4. The van der Waals surface area contributed by atoms with Crippen molar-refractivity contribution < 1.29 is 37.0 Å². The zero-order valence-electron chi connectivity index (χ0n) is 31.9. The van der Waals surface area contributed by atoms with E-state index in [1.54, 1.807) is 20.2 Å². The van der Waals surface area contributed by atoms with Crippen molar-refractivity contribution in [1.29, 1.82) is 0 Å². The molecule has 2 aliphatic carbocycles. The number of carbonyl (C=O) groups is 3. The molecule has 294 valence electrons. The zero-order valence-corrected chi connectivity index (χ0v) is 32.7. The summed E-state index contributed by atoms with van der Waals surface area (Å²) in [6.07, 6.45) is 1.73. The summed E-state index contributed by atoms with van der Waals surface area (Å²) in [5, 5.41) is 3.63. The Kier molecular flexibility index (Phi) is 11.0. The summed E-state index contributed by atoms with van der Waals surface area (Å²) in [6, 6.07) is 31.8. The van der Waals surface area contributed by atoms with Crippen molar-refractivity contribution in [3.63, 3.8) is 0 Å². The second kappa shape index (κ2) is 16.1. The van der Waals surface area contributed by atoms with Crippen molar-refractivity contribution in [2.75, 3.05) is 14.2 Å². The molecule has 0 unspecified atom stereocenters. The Morgan fingerprint density at radius 3 is 2.35 bits per heavy atom. The minimum Gasteiger partial charge on any atom is -0.497 e. The summed E-state index contributed by atoms with van der Waals surface area (Å²) >= 11 is 0. The Labute approximate surface area is 331 Å². The standard InChI is InChI=1S/C44H44N4O8S/c1-5-31-26-44(31,43(51)47-57(52,53)35-18-12-17-33(21-35)55-27-29-13-8-6-9-14-29)46-42(50)37-22-34(24-40(37)48(3)28(2)49)56-41-25-38(30-15-10-7-11-16-30)45-39-23-32(54-4)19-20-36(39)41/h5-21,23,25,31,34,37,40H,1,22,24,26-27H2,2-4H3,(H,46,50)(H,47,51)/t31-,34-,37-,40+,44-/m1/s1. The molecule has 0 spiro atoms. The van der Waals surface area contributed by atoms with Crippen LogP contribution in [-0.4, -0.2) is 67.9 Å². The van der Waals surface area contributed by atoms with Crippen molar-refractivity contribution in [2.45, 2.75) is 55.4 Å². The Morgan fingerprint density at radius 1 is 0.930 bits per heavy atom. The van der Waals surface area contributed by atoms with Crippen LogP contribution in [0.2, 0.25) is 0 Å². The highest BCUT2D eigenvalue weighted by molar-refractivity contribution is 7.90. The van der Waals surface area contributed by atoms with Crippen LogP contribution in [0.4, 0.5) is 0 Å². The van der Waals surface area contributed by atoms with Crippen LogP contribution in [0.25, 0.3) is 22.2 Å². The normalized spacial score (nSPS) is 21.2. The van der Waals surface area contributed by atoms with E-state index in [1.165, 1.54) is 36.1 Å². The predicted molar refractivity (Wildman–Crippen MR) is 215 cm³/mol. The summed E-state index contributed by atoms with van der Waals surface area (Å²) in [5.41, 5.74) is 1.59. The lowest BCUT2D eigenvalue weighted by molar-refractivity contribution is -0.135. The van der Waals surface area contributed by atoms with Crippen molar-refractivity contribution >= 4 is 38.6 Å². The van der Waals surface area contributed by atoms with Gasteiger partial charge in [0, 0.05) is 61.5 Å². The Hall–Kier alpha value is -6.21. The van der Waals surface area contributed by atoms with Gasteiger partial charge in [-0.15, -0.1) is 6.58 Å². The van der Waals surface area contributed by atoms with Crippen molar-refractivity contribution in [3.05, 3.63) is 127 Å². The molecule has 0 aliphatic heterocycles. The molecule has 2 saturated carbocycles. The third-order valence-corrected chi connectivity index (χ3v) is 12.1. The Balaban J connectivity index is 1.10. The summed E-state index contributed by atoms with van der Waals surface area (Å²) in [6.45, 7) is 5.47.